The highest BCUT2D eigenvalue weighted by molar-refractivity contribution is 5.81. The van der Waals surface area contributed by atoms with Crippen molar-refractivity contribution in [2.45, 2.75) is 72.1 Å². The third kappa shape index (κ3) is 8.54. The summed E-state index contributed by atoms with van der Waals surface area (Å²) in [5.41, 5.74) is 0. The molecule has 1 unspecified atom stereocenters. The van der Waals surface area contributed by atoms with Crippen LogP contribution in [0.1, 0.15) is 72.1 Å². The Kier molecular flexibility index (Phi) is 11.2. The fourth-order valence-electron chi connectivity index (χ4n) is 2.27. The number of hydrogen-bond acceptors (Lipinski definition) is 1. The van der Waals surface area contributed by atoms with Crippen LogP contribution < -0.4 is 0 Å². The van der Waals surface area contributed by atoms with Gasteiger partial charge in [-0.1, -0.05) is 59.3 Å². The van der Waals surface area contributed by atoms with E-state index in [4.69, 9.17) is 4.99 Å². The Morgan fingerprint density at radius 3 is 2.17 bits per heavy atom. The SMILES string of the molecule is CCCCCCCC(CC)CN=C(CC)N(C)C. The minimum atomic E-state index is 0.785. The molecule has 0 spiro atoms. The highest BCUT2D eigenvalue weighted by Gasteiger charge is 2.06. The van der Waals surface area contributed by atoms with Gasteiger partial charge in [-0.3, -0.25) is 4.99 Å². The van der Waals surface area contributed by atoms with Gasteiger partial charge in [-0.15, -0.1) is 0 Å². The van der Waals surface area contributed by atoms with Crippen molar-refractivity contribution in [3.63, 3.8) is 0 Å². The lowest BCUT2D eigenvalue weighted by molar-refractivity contribution is 0.446. The Morgan fingerprint density at radius 1 is 1.00 bits per heavy atom. The van der Waals surface area contributed by atoms with Crippen molar-refractivity contribution in [3.05, 3.63) is 0 Å². The summed E-state index contributed by atoms with van der Waals surface area (Å²) in [6.07, 6.45) is 10.6. The van der Waals surface area contributed by atoms with Gasteiger partial charge >= 0.3 is 0 Å². The molecule has 0 aromatic heterocycles. The van der Waals surface area contributed by atoms with E-state index in [1.54, 1.807) is 0 Å². The predicted molar refractivity (Wildman–Crippen MR) is 83.4 cm³/mol. The van der Waals surface area contributed by atoms with E-state index in [1.165, 1.54) is 50.8 Å². The van der Waals surface area contributed by atoms with Crippen molar-refractivity contribution in [3.8, 4) is 0 Å². The Labute approximate surface area is 115 Å². The summed E-state index contributed by atoms with van der Waals surface area (Å²) in [5, 5.41) is 0. The maximum Gasteiger partial charge on any atom is 0.0981 e. The van der Waals surface area contributed by atoms with E-state index in [-0.39, 0.29) is 0 Å². The van der Waals surface area contributed by atoms with E-state index in [0.29, 0.717) is 0 Å². The van der Waals surface area contributed by atoms with Crippen LogP contribution in [-0.4, -0.2) is 31.4 Å². The van der Waals surface area contributed by atoms with Crippen LogP contribution in [0.25, 0.3) is 0 Å². The molecule has 0 aliphatic carbocycles. The normalized spacial score (nSPS) is 13.7. The fraction of sp³-hybridized carbons (Fsp3) is 0.938. The number of amidine groups is 1. The van der Waals surface area contributed by atoms with Gasteiger partial charge in [0.1, 0.15) is 0 Å². The summed E-state index contributed by atoms with van der Waals surface area (Å²) in [4.78, 5) is 6.92. The molecular formula is C16H34N2. The molecule has 2 nitrogen and oxygen atoms in total. The summed E-state index contributed by atoms with van der Waals surface area (Å²) in [6, 6.07) is 0. The third-order valence-corrected chi connectivity index (χ3v) is 3.66. The van der Waals surface area contributed by atoms with Crippen molar-refractivity contribution in [2.24, 2.45) is 10.9 Å². The maximum absolute atomic E-state index is 4.77. The molecule has 0 bridgehead atoms. The lowest BCUT2D eigenvalue weighted by Gasteiger charge is -2.17. The van der Waals surface area contributed by atoms with Crippen LogP contribution in [0.2, 0.25) is 0 Å². The summed E-state index contributed by atoms with van der Waals surface area (Å²) in [5.74, 6) is 2.02. The third-order valence-electron chi connectivity index (χ3n) is 3.66. The first-order valence-corrected chi connectivity index (χ1v) is 7.86. The molecule has 0 fully saturated rings. The average molecular weight is 254 g/mol. The van der Waals surface area contributed by atoms with E-state index in [2.05, 4.69) is 39.8 Å². The molecule has 0 aliphatic rings. The second-order valence-corrected chi connectivity index (χ2v) is 5.48. The van der Waals surface area contributed by atoms with Crippen molar-refractivity contribution in [2.75, 3.05) is 20.6 Å². The van der Waals surface area contributed by atoms with Crippen LogP contribution in [0.15, 0.2) is 4.99 Å². The predicted octanol–water partition coefficient (Wildman–Crippen LogP) is 4.74. The Hall–Kier alpha value is -0.530. The van der Waals surface area contributed by atoms with E-state index in [1.807, 2.05) is 0 Å². The van der Waals surface area contributed by atoms with Gasteiger partial charge in [0, 0.05) is 27.1 Å². The van der Waals surface area contributed by atoms with E-state index >= 15 is 0 Å². The molecule has 0 aromatic carbocycles. The Morgan fingerprint density at radius 2 is 1.67 bits per heavy atom. The highest BCUT2D eigenvalue weighted by atomic mass is 15.1. The molecule has 0 amide bonds. The second kappa shape index (κ2) is 11.6. The monoisotopic (exact) mass is 254 g/mol. The first-order valence-electron chi connectivity index (χ1n) is 7.86. The standard InChI is InChI=1S/C16H34N2/c1-6-9-10-11-12-13-15(7-2)14-17-16(8-3)18(4)5/h15H,6-14H2,1-5H3. The Balaban J connectivity index is 3.88. The summed E-state index contributed by atoms with van der Waals surface area (Å²) < 4.78 is 0. The number of nitrogens with zero attached hydrogens (tertiary/aromatic N) is 2. The quantitative estimate of drug-likeness (QED) is 0.312. The molecule has 0 heterocycles. The van der Waals surface area contributed by atoms with Crippen LogP contribution >= 0.6 is 0 Å². The molecule has 0 saturated heterocycles. The molecule has 2 heteroatoms. The molecule has 18 heavy (non-hydrogen) atoms. The maximum atomic E-state index is 4.77. The molecule has 1 atom stereocenters. The van der Waals surface area contributed by atoms with Gasteiger partial charge in [0.15, 0.2) is 0 Å². The van der Waals surface area contributed by atoms with E-state index in [0.717, 1.165) is 18.9 Å². The first-order chi connectivity index (χ1) is 8.65. The molecular weight excluding hydrogens is 220 g/mol. The van der Waals surface area contributed by atoms with Crippen molar-refractivity contribution in [1.82, 2.24) is 4.90 Å². The van der Waals surface area contributed by atoms with Crippen LogP contribution in [-0.2, 0) is 0 Å². The zero-order valence-electron chi connectivity index (χ0n) is 13.3. The fourth-order valence-corrected chi connectivity index (χ4v) is 2.27. The highest BCUT2D eigenvalue weighted by Crippen LogP contribution is 2.15. The molecule has 0 aliphatic heterocycles. The second-order valence-electron chi connectivity index (χ2n) is 5.48. The number of hydrogen-bond donors (Lipinski definition) is 0. The number of unbranched alkanes of at least 4 members (excludes halogenated alkanes) is 4. The van der Waals surface area contributed by atoms with Crippen LogP contribution in [0.5, 0.6) is 0 Å². The van der Waals surface area contributed by atoms with Crippen molar-refractivity contribution >= 4 is 5.84 Å². The van der Waals surface area contributed by atoms with E-state index < -0.39 is 0 Å². The van der Waals surface area contributed by atoms with E-state index in [9.17, 15) is 0 Å². The van der Waals surface area contributed by atoms with Gasteiger partial charge in [-0.2, -0.15) is 0 Å². The van der Waals surface area contributed by atoms with Gasteiger partial charge in [0.25, 0.3) is 0 Å². The molecule has 0 aromatic rings. The number of aliphatic imine (C=N–C) groups is 1. The lowest BCUT2D eigenvalue weighted by atomic mass is 9.98. The van der Waals surface area contributed by atoms with Gasteiger partial charge in [0.2, 0.25) is 0 Å². The molecule has 0 radical (unpaired) electrons. The van der Waals surface area contributed by atoms with Crippen LogP contribution in [0, 0.1) is 5.92 Å². The van der Waals surface area contributed by atoms with Gasteiger partial charge in [0.05, 0.1) is 5.84 Å². The zero-order valence-corrected chi connectivity index (χ0v) is 13.3. The molecule has 0 N–H and O–H groups in total. The average Bonchev–Trinajstić information content (AvgIpc) is 2.36. The smallest absolute Gasteiger partial charge is 0.0981 e. The topological polar surface area (TPSA) is 15.6 Å². The lowest BCUT2D eigenvalue weighted by Crippen LogP contribution is -2.22. The van der Waals surface area contributed by atoms with Crippen molar-refractivity contribution in [1.29, 1.82) is 0 Å². The van der Waals surface area contributed by atoms with Gasteiger partial charge in [-0.25, -0.2) is 0 Å². The summed E-state index contributed by atoms with van der Waals surface area (Å²) in [6.45, 7) is 7.78. The minimum absolute atomic E-state index is 0.785. The molecule has 0 saturated carbocycles. The van der Waals surface area contributed by atoms with Crippen LogP contribution in [0.3, 0.4) is 0 Å². The molecule has 0 rings (SSSR count). The van der Waals surface area contributed by atoms with Crippen LogP contribution in [0.4, 0.5) is 0 Å². The van der Waals surface area contributed by atoms with Gasteiger partial charge < -0.3 is 4.90 Å². The van der Waals surface area contributed by atoms with Gasteiger partial charge in [-0.05, 0) is 12.3 Å². The molecule has 108 valence electrons. The number of rotatable bonds is 10. The first kappa shape index (κ1) is 17.5. The largest absolute Gasteiger partial charge is 0.367 e. The summed E-state index contributed by atoms with van der Waals surface area (Å²) >= 11 is 0. The minimum Gasteiger partial charge on any atom is -0.367 e. The zero-order chi connectivity index (χ0) is 13.8. The summed E-state index contributed by atoms with van der Waals surface area (Å²) in [7, 11) is 4.18. The van der Waals surface area contributed by atoms with Crippen molar-refractivity contribution < 1.29 is 0 Å². The Bertz CT molecular complexity index is 209.